The maximum absolute atomic E-state index is 11.9. The Kier molecular flexibility index (Phi) is 4.13. The zero-order valence-electron chi connectivity index (χ0n) is 9.45. The minimum absolute atomic E-state index is 0.234. The molecule has 1 aromatic heterocycles. The first-order valence-corrected chi connectivity index (χ1v) is 6.58. The van der Waals surface area contributed by atoms with E-state index in [2.05, 4.69) is 38.1 Å². The molecule has 1 heterocycles. The summed E-state index contributed by atoms with van der Waals surface area (Å²) in [5.74, 6) is -0.302. The fourth-order valence-corrected chi connectivity index (χ4v) is 1.94. The van der Waals surface area contributed by atoms with Crippen molar-refractivity contribution in [3.05, 3.63) is 50.3 Å². The third-order valence-corrected chi connectivity index (χ3v) is 3.19. The van der Waals surface area contributed by atoms with Gasteiger partial charge >= 0.3 is 0 Å². The molecule has 0 aliphatic carbocycles. The van der Waals surface area contributed by atoms with Crippen LogP contribution in [0.3, 0.4) is 0 Å². The van der Waals surface area contributed by atoms with Gasteiger partial charge in [0.05, 0.1) is 0 Å². The third kappa shape index (κ3) is 3.17. The van der Waals surface area contributed by atoms with Crippen molar-refractivity contribution in [2.75, 3.05) is 5.32 Å². The molecule has 0 spiro atoms. The summed E-state index contributed by atoms with van der Waals surface area (Å²) in [5.41, 5.74) is 1.99. The molecular weight excluding hydrogens is 365 g/mol. The second-order valence-corrected chi connectivity index (χ2v) is 5.29. The number of aromatic nitrogens is 2. The molecule has 0 saturated heterocycles. The van der Waals surface area contributed by atoms with Crippen molar-refractivity contribution in [2.45, 2.75) is 6.92 Å². The SMILES string of the molecule is Cc1ccc(I)cc1NC(=O)c1ccc(Cl)nn1. The summed E-state index contributed by atoms with van der Waals surface area (Å²) in [6.07, 6.45) is 0. The molecule has 0 fully saturated rings. The Morgan fingerprint density at radius 1 is 1.28 bits per heavy atom. The molecule has 1 aromatic carbocycles. The summed E-state index contributed by atoms with van der Waals surface area (Å²) in [6.45, 7) is 1.93. The second kappa shape index (κ2) is 5.62. The van der Waals surface area contributed by atoms with Crippen LogP contribution in [0.1, 0.15) is 16.1 Å². The van der Waals surface area contributed by atoms with Gasteiger partial charge in [0.25, 0.3) is 5.91 Å². The topological polar surface area (TPSA) is 54.9 Å². The minimum Gasteiger partial charge on any atom is -0.320 e. The Morgan fingerprint density at radius 2 is 2.06 bits per heavy atom. The molecule has 0 bridgehead atoms. The first-order chi connectivity index (χ1) is 8.56. The van der Waals surface area contributed by atoms with Crippen LogP contribution in [0.25, 0.3) is 0 Å². The summed E-state index contributed by atoms with van der Waals surface area (Å²) in [6, 6.07) is 8.90. The summed E-state index contributed by atoms with van der Waals surface area (Å²) in [4.78, 5) is 11.9. The molecule has 0 radical (unpaired) electrons. The normalized spacial score (nSPS) is 10.2. The number of hydrogen-bond acceptors (Lipinski definition) is 3. The van der Waals surface area contributed by atoms with Gasteiger partial charge < -0.3 is 5.32 Å². The molecule has 4 nitrogen and oxygen atoms in total. The summed E-state index contributed by atoms with van der Waals surface area (Å²) in [5, 5.41) is 10.4. The molecule has 2 rings (SSSR count). The highest BCUT2D eigenvalue weighted by molar-refractivity contribution is 14.1. The molecule has 0 atom stereocenters. The molecule has 2 aromatic rings. The van der Waals surface area contributed by atoms with Gasteiger partial charge in [-0.2, -0.15) is 0 Å². The van der Waals surface area contributed by atoms with E-state index >= 15 is 0 Å². The fraction of sp³-hybridized carbons (Fsp3) is 0.0833. The standard InChI is InChI=1S/C12H9ClIN3O/c1-7-2-3-8(14)6-10(7)15-12(18)9-4-5-11(13)17-16-9/h2-6H,1H3,(H,15,18). The van der Waals surface area contributed by atoms with Crippen molar-refractivity contribution in [1.82, 2.24) is 10.2 Å². The van der Waals surface area contributed by atoms with Crippen molar-refractivity contribution in [1.29, 1.82) is 0 Å². The molecule has 92 valence electrons. The molecule has 1 N–H and O–H groups in total. The van der Waals surface area contributed by atoms with E-state index < -0.39 is 0 Å². The molecule has 0 unspecified atom stereocenters. The van der Waals surface area contributed by atoms with Crippen LogP contribution in [0, 0.1) is 10.5 Å². The number of aryl methyl sites for hydroxylation is 1. The lowest BCUT2D eigenvalue weighted by Gasteiger charge is -2.08. The smallest absolute Gasteiger partial charge is 0.276 e. The van der Waals surface area contributed by atoms with Crippen LogP contribution < -0.4 is 5.32 Å². The van der Waals surface area contributed by atoms with E-state index in [0.29, 0.717) is 0 Å². The molecule has 0 aliphatic heterocycles. The Hall–Kier alpha value is -1.21. The molecule has 1 amide bonds. The van der Waals surface area contributed by atoms with Crippen molar-refractivity contribution in [3.8, 4) is 0 Å². The molecule has 0 aliphatic rings. The number of anilines is 1. The van der Waals surface area contributed by atoms with E-state index in [9.17, 15) is 4.79 Å². The van der Waals surface area contributed by atoms with E-state index in [1.165, 1.54) is 12.1 Å². The number of amides is 1. The van der Waals surface area contributed by atoms with Crippen molar-refractivity contribution in [3.63, 3.8) is 0 Å². The lowest BCUT2D eigenvalue weighted by Crippen LogP contribution is -2.15. The van der Waals surface area contributed by atoms with Crippen LogP contribution in [0.15, 0.2) is 30.3 Å². The van der Waals surface area contributed by atoms with Crippen molar-refractivity contribution in [2.24, 2.45) is 0 Å². The number of nitrogens with zero attached hydrogens (tertiary/aromatic N) is 2. The Bertz CT molecular complexity index is 586. The van der Waals surface area contributed by atoms with Gasteiger partial charge in [0.2, 0.25) is 0 Å². The van der Waals surface area contributed by atoms with Crippen LogP contribution in [0.2, 0.25) is 5.15 Å². The van der Waals surface area contributed by atoms with Crippen LogP contribution in [0.5, 0.6) is 0 Å². The zero-order chi connectivity index (χ0) is 13.1. The number of carbonyl (C=O) groups is 1. The Morgan fingerprint density at radius 3 is 2.72 bits per heavy atom. The van der Waals surface area contributed by atoms with Gasteiger partial charge in [-0.3, -0.25) is 4.79 Å². The highest BCUT2D eigenvalue weighted by Gasteiger charge is 2.10. The van der Waals surface area contributed by atoms with Crippen LogP contribution >= 0.6 is 34.2 Å². The summed E-state index contributed by atoms with van der Waals surface area (Å²) >= 11 is 7.81. The summed E-state index contributed by atoms with van der Waals surface area (Å²) in [7, 11) is 0. The van der Waals surface area contributed by atoms with Crippen molar-refractivity contribution < 1.29 is 4.79 Å². The van der Waals surface area contributed by atoms with Gasteiger partial charge in [-0.05, 0) is 59.3 Å². The van der Waals surface area contributed by atoms with Gasteiger partial charge in [0.15, 0.2) is 10.8 Å². The quantitative estimate of drug-likeness (QED) is 0.822. The number of benzene rings is 1. The fourth-order valence-electron chi connectivity index (χ4n) is 1.35. The first-order valence-electron chi connectivity index (χ1n) is 5.13. The average Bonchev–Trinajstić information content (AvgIpc) is 2.34. The molecule has 0 saturated carbocycles. The van der Waals surface area contributed by atoms with Gasteiger partial charge in [-0.1, -0.05) is 17.7 Å². The van der Waals surface area contributed by atoms with Gasteiger partial charge in [-0.25, -0.2) is 0 Å². The van der Waals surface area contributed by atoms with Gasteiger partial charge in [0, 0.05) is 9.26 Å². The maximum Gasteiger partial charge on any atom is 0.276 e. The monoisotopic (exact) mass is 373 g/mol. The number of nitrogens with one attached hydrogen (secondary N) is 1. The highest BCUT2D eigenvalue weighted by Crippen LogP contribution is 2.18. The molecular formula is C12H9ClIN3O. The number of rotatable bonds is 2. The molecule has 6 heteroatoms. The van der Waals surface area contributed by atoms with Gasteiger partial charge in [-0.15, -0.1) is 10.2 Å². The van der Waals surface area contributed by atoms with Crippen molar-refractivity contribution >= 4 is 45.8 Å². The van der Waals surface area contributed by atoms with Crippen LogP contribution in [-0.2, 0) is 0 Å². The highest BCUT2D eigenvalue weighted by atomic mass is 127. The average molecular weight is 374 g/mol. The van der Waals surface area contributed by atoms with E-state index in [1.54, 1.807) is 0 Å². The largest absolute Gasteiger partial charge is 0.320 e. The van der Waals surface area contributed by atoms with E-state index in [-0.39, 0.29) is 16.8 Å². The summed E-state index contributed by atoms with van der Waals surface area (Å²) < 4.78 is 1.05. The first kappa shape index (κ1) is 13.2. The lowest BCUT2D eigenvalue weighted by atomic mass is 10.2. The van der Waals surface area contributed by atoms with Crippen LogP contribution in [0.4, 0.5) is 5.69 Å². The van der Waals surface area contributed by atoms with E-state index in [4.69, 9.17) is 11.6 Å². The predicted octanol–water partition coefficient (Wildman–Crippen LogP) is 3.30. The lowest BCUT2D eigenvalue weighted by molar-refractivity contribution is 0.102. The number of hydrogen-bond donors (Lipinski definition) is 1. The van der Waals surface area contributed by atoms with Crippen LogP contribution in [-0.4, -0.2) is 16.1 Å². The third-order valence-electron chi connectivity index (χ3n) is 2.31. The zero-order valence-corrected chi connectivity index (χ0v) is 12.4. The van der Waals surface area contributed by atoms with E-state index in [1.807, 2.05) is 25.1 Å². The van der Waals surface area contributed by atoms with Gasteiger partial charge in [0.1, 0.15) is 0 Å². The van der Waals surface area contributed by atoms with E-state index in [0.717, 1.165) is 14.8 Å². The second-order valence-electron chi connectivity index (χ2n) is 3.65. The Balaban J connectivity index is 2.21. The minimum atomic E-state index is -0.302. The number of halogens is 2. The maximum atomic E-state index is 11.9. The number of carbonyl (C=O) groups excluding carboxylic acids is 1. The molecule has 18 heavy (non-hydrogen) atoms. The predicted molar refractivity (Wildman–Crippen MR) is 78.9 cm³/mol. The Labute approximate surface area is 123 Å².